The Labute approximate surface area is 169 Å². The maximum atomic E-state index is 12.1. The molecule has 150 valence electrons. The summed E-state index contributed by atoms with van der Waals surface area (Å²) in [4.78, 5) is 46.7. The van der Waals surface area contributed by atoms with Crippen molar-refractivity contribution < 1.29 is 24.0 Å². The van der Waals surface area contributed by atoms with Crippen LogP contribution in [0.1, 0.15) is 32.8 Å². The molecule has 3 rings (SSSR count). The standard InChI is InChI=1S/C19H17N3O6S/c20-18(25)17-13-2-1-3-14(13)29-19(17)21-15(23)10-28-16(24)9-6-11-4-7-12(8-5-11)22(26)27/h4-9H,1-3,10H2,(H2,20,25)(H,21,23)/b9-6+. The number of carbonyl (C=O) groups is 3. The fourth-order valence-electron chi connectivity index (χ4n) is 2.97. The molecular formula is C19H17N3O6S. The number of primary amides is 1. The molecule has 0 atom stereocenters. The molecule has 1 aromatic carbocycles. The molecule has 0 bridgehead atoms. The first kappa shape index (κ1) is 20.2. The van der Waals surface area contributed by atoms with Crippen LogP contribution in [0.5, 0.6) is 0 Å². The summed E-state index contributed by atoms with van der Waals surface area (Å²) >= 11 is 1.32. The molecule has 1 heterocycles. The highest BCUT2D eigenvalue weighted by Gasteiger charge is 2.26. The van der Waals surface area contributed by atoms with Crippen molar-refractivity contribution >= 4 is 45.9 Å². The summed E-state index contributed by atoms with van der Waals surface area (Å²) in [5.74, 6) is -1.92. The number of nitrogens with zero attached hydrogens (tertiary/aromatic N) is 1. The Morgan fingerprint density at radius 2 is 1.97 bits per heavy atom. The number of amides is 2. The molecule has 0 saturated carbocycles. The van der Waals surface area contributed by atoms with Crippen molar-refractivity contribution in [2.24, 2.45) is 5.73 Å². The van der Waals surface area contributed by atoms with Crippen LogP contribution in [-0.4, -0.2) is 29.3 Å². The van der Waals surface area contributed by atoms with Crippen LogP contribution in [0.15, 0.2) is 30.3 Å². The molecule has 0 spiro atoms. The van der Waals surface area contributed by atoms with Crippen molar-refractivity contribution in [2.45, 2.75) is 19.3 Å². The van der Waals surface area contributed by atoms with Gasteiger partial charge < -0.3 is 15.8 Å². The Morgan fingerprint density at radius 3 is 2.62 bits per heavy atom. The van der Waals surface area contributed by atoms with Crippen molar-refractivity contribution in [1.82, 2.24) is 0 Å². The zero-order valence-corrected chi connectivity index (χ0v) is 16.0. The minimum atomic E-state index is -0.748. The quantitative estimate of drug-likeness (QED) is 0.308. The van der Waals surface area contributed by atoms with Gasteiger partial charge in [-0.25, -0.2) is 4.79 Å². The monoisotopic (exact) mass is 415 g/mol. The van der Waals surface area contributed by atoms with Gasteiger partial charge in [0.15, 0.2) is 6.61 Å². The fourth-order valence-corrected chi connectivity index (χ4v) is 4.28. The Hall–Kier alpha value is -3.53. The normalized spacial score (nSPS) is 12.6. The van der Waals surface area contributed by atoms with E-state index in [2.05, 4.69) is 5.32 Å². The minimum absolute atomic E-state index is 0.0590. The number of rotatable bonds is 7. The van der Waals surface area contributed by atoms with E-state index in [0.717, 1.165) is 35.8 Å². The number of anilines is 1. The number of nitrogens with one attached hydrogen (secondary N) is 1. The van der Waals surface area contributed by atoms with Crippen LogP contribution >= 0.6 is 11.3 Å². The van der Waals surface area contributed by atoms with Crippen LogP contribution in [0.25, 0.3) is 6.08 Å². The second-order valence-corrected chi connectivity index (χ2v) is 7.37. The first-order valence-electron chi connectivity index (χ1n) is 8.68. The summed E-state index contributed by atoms with van der Waals surface area (Å²) in [5.41, 5.74) is 7.17. The van der Waals surface area contributed by atoms with Gasteiger partial charge in [0.1, 0.15) is 5.00 Å². The number of fused-ring (bicyclic) bond motifs is 1. The van der Waals surface area contributed by atoms with Crippen molar-refractivity contribution in [1.29, 1.82) is 0 Å². The number of hydrogen-bond donors (Lipinski definition) is 2. The van der Waals surface area contributed by atoms with Crippen molar-refractivity contribution in [3.63, 3.8) is 0 Å². The molecule has 10 heteroatoms. The number of nitro benzene ring substituents is 1. The van der Waals surface area contributed by atoms with Crippen LogP contribution in [0.4, 0.5) is 10.7 Å². The number of benzene rings is 1. The molecule has 0 saturated heterocycles. The highest BCUT2D eigenvalue weighted by molar-refractivity contribution is 7.17. The van der Waals surface area contributed by atoms with Gasteiger partial charge in [0.05, 0.1) is 10.5 Å². The molecule has 1 aliphatic rings. The van der Waals surface area contributed by atoms with Gasteiger partial charge in [0, 0.05) is 23.1 Å². The number of non-ortho nitro benzene ring substituents is 1. The Kier molecular flexibility index (Phi) is 6.03. The lowest BCUT2D eigenvalue weighted by molar-refractivity contribution is -0.384. The molecule has 0 fully saturated rings. The second kappa shape index (κ2) is 8.65. The zero-order chi connectivity index (χ0) is 21.0. The van der Waals surface area contributed by atoms with Crippen LogP contribution in [0.3, 0.4) is 0 Å². The molecule has 2 aromatic rings. The SMILES string of the molecule is NC(=O)c1c(NC(=O)COC(=O)/C=C/c2ccc([N+](=O)[O-])cc2)sc2c1CCC2. The molecule has 0 radical (unpaired) electrons. The van der Waals surface area contributed by atoms with E-state index in [0.29, 0.717) is 16.1 Å². The highest BCUT2D eigenvalue weighted by Crippen LogP contribution is 2.38. The summed E-state index contributed by atoms with van der Waals surface area (Å²) in [6, 6.07) is 5.59. The predicted octanol–water partition coefficient (Wildman–Crippen LogP) is 2.44. The molecule has 2 amide bonds. The Balaban J connectivity index is 1.54. The third-order valence-corrected chi connectivity index (χ3v) is 5.49. The fraction of sp³-hybridized carbons (Fsp3) is 0.211. The summed E-state index contributed by atoms with van der Waals surface area (Å²) in [7, 11) is 0. The molecular weight excluding hydrogens is 398 g/mol. The second-order valence-electron chi connectivity index (χ2n) is 6.26. The van der Waals surface area contributed by atoms with Crippen LogP contribution in [0, 0.1) is 10.1 Å². The largest absolute Gasteiger partial charge is 0.452 e. The van der Waals surface area contributed by atoms with Gasteiger partial charge in [-0.2, -0.15) is 0 Å². The van der Waals surface area contributed by atoms with Crippen molar-refractivity contribution in [2.75, 3.05) is 11.9 Å². The minimum Gasteiger partial charge on any atom is -0.452 e. The lowest BCUT2D eigenvalue weighted by Crippen LogP contribution is -2.22. The van der Waals surface area contributed by atoms with E-state index < -0.39 is 29.3 Å². The lowest BCUT2D eigenvalue weighted by atomic mass is 10.1. The Morgan fingerprint density at radius 1 is 1.24 bits per heavy atom. The number of ether oxygens (including phenoxy) is 1. The molecule has 1 aliphatic carbocycles. The number of thiophene rings is 1. The van der Waals surface area contributed by atoms with Crippen LogP contribution in [0.2, 0.25) is 0 Å². The molecule has 29 heavy (non-hydrogen) atoms. The molecule has 3 N–H and O–H groups in total. The lowest BCUT2D eigenvalue weighted by Gasteiger charge is -2.06. The van der Waals surface area contributed by atoms with E-state index in [1.54, 1.807) is 0 Å². The van der Waals surface area contributed by atoms with Gasteiger partial charge >= 0.3 is 5.97 Å². The van der Waals surface area contributed by atoms with E-state index in [-0.39, 0.29) is 5.69 Å². The highest BCUT2D eigenvalue weighted by atomic mass is 32.1. The van der Waals surface area contributed by atoms with Gasteiger partial charge in [-0.1, -0.05) is 0 Å². The topological polar surface area (TPSA) is 142 Å². The first-order valence-corrected chi connectivity index (χ1v) is 9.50. The number of esters is 1. The third-order valence-electron chi connectivity index (χ3n) is 4.28. The third kappa shape index (κ3) is 4.85. The maximum absolute atomic E-state index is 12.1. The van der Waals surface area contributed by atoms with Gasteiger partial charge in [-0.3, -0.25) is 19.7 Å². The molecule has 9 nitrogen and oxygen atoms in total. The number of nitro groups is 1. The number of hydrogen-bond acceptors (Lipinski definition) is 7. The summed E-state index contributed by atoms with van der Waals surface area (Å²) < 4.78 is 4.88. The number of nitrogens with two attached hydrogens (primary N) is 1. The summed E-state index contributed by atoms with van der Waals surface area (Å²) in [6.07, 6.45) is 5.08. The molecule has 0 unspecified atom stereocenters. The molecule has 1 aromatic heterocycles. The van der Waals surface area contributed by atoms with Gasteiger partial charge in [0.2, 0.25) is 0 Å². The maximum Gasteiger partial charge on any atom is 0.331 e. The van der Waals surface area contributed by atoms with Gasteiger partial charge in [0.25, 0.3) is 17.5 Å². The number of aryl methyl sites for hydroxylation is 1. The van der Waals surface area contributed by atoms with Gasteiger partial charge in [-0.05, 0) is 48.6 Å². The summed E-state index contributed by atoms with van der Waals surface area (Å²) in [6.45, 7) is -0.524. The van der Waals surface area contributed by atoms with E-state index in [1.165, 1.54) is 41.7 Å². The van der Waals surface area contributed by atoms with Crippen molar-refractivity contribution in [3.8, 4) is 0 Å². The first-order chi connectivity index (χ1) is 13.8. The Bertz CT molecular complexity index is 1010. The van der Waals surface area contributed by atoms with E-state index >= 15 is 0 Å². The predicted molar refractivity (Wildman–Crippen MR) is 107 cm³/mol. The van der Waals surface area contributed by atoms with Crippen LogP contribution in [-0.2, 0) is 27.2 Å². The average Bonchev–Trinajstić information content (AvgIpc) is 3.25. The smallest absolute Gasteiger partial charge is 0.331 e. The van der Waals surface area contributed by atoms with Crippen LogP contribution < -0.4 is 11.1 Å². The van der Waals surface area contributed by atoms with E-state index in [9.17, 15) is 24.5 Å². The van der Waals surface area contributed by atoms with Crippen molar-refractivity contribution in [3.05, 3.63) is 62.0 Å². The van der Waals surface area contributed by atoms with E-state index in [4.69, 9.17) is 10.5 Å². The number of carbonyl (C=O) groups excluding carboxylic acids is 3. The average molecular weight is 415 g/mol. The zero-order valence-electron chi connectivity index (χ0n) is 15.2. The van der Waals surface area contributed by atoms with Gasteiger partial charge in [-0.15, -0.1) is 11.3 Å². The molecule has 0 aliphatic heterocycles. The van der Waals surface area contributed by atoms with E-state index in [1.807, 2.05) is 0 Å². The summed E-state index contributed by atoms with van der Waals surface area (Å²) in [5, 5.41) is 13.6.